The smallest absolute Gasteiger partial charge is 0.196 e. The van der Waals surface area contributed by atoms with Gasteiger partial charge in [-0.15, -0.1) is 10.2 Å². The highest BCUT2D eigenvalue weighted by molar-refractivity contribution is 5.91. The lowest BCUT2D eigenvalue weighted by molar-refractivity contribution is 0.411. The number of benzene rings is 2. The second kappa shape index (κ2) is 7.33. The fraction of sp³-hybridized carbons (Fsp3) is 0.0417. The number of rotatable bonds is 4. The quantitative estimate of drug-likeness (QED) is 0.548. The number of methoxy groups -OCH3 is 1. The average Bonchev–Trinajstić information content (AvgIpc) is 3.33. The number of pyridine rings is 1. The molecule has 0 bridgehead atoms. The van der Waals surface area contributed by atoms with Crippen LogP contribution in [-0.2, 0) is 0 Å². The largest absolute Gasteiger partial charge is 0.496 e. The summed E-state index contributed by atoms with van der Waals surface area (Å²) in [6, 6.07) is 15.5. The van der Waals surface area contributed by atoms with E-state index in [1.165, 1.54) is 0 Å². The third kappa shape index (κ3) is 3.14. The summed E-state index contributed by atoms with van der Waals surface area (Å²) in [7, 11) is 1.63. The van der Waals surface area contributed by atoms with Crippen molar-refractivity contribution >= 4 is 34.4 Å². The first-order chi connectivity index (χ1) is 14.7. The van der Waals surface area contributed by atoms with Crippen LogP contribution in [0.4, 0.5) is 5.69 Å². The molecule has 2 N–H and O–H groups in total. The highest BCUT2D eigenvalue weighted by atomic mass is 16.5. The zero-order valence-electron chi connectivity index (χ0n) is 16.2. The molecule has 6 nitrogen and oxygen atoms in total. The number of hydrogen-bond acceptors (Lipinski definition) is 5. The number of para-hydroxylation sites is 1. The molecule has 0 spiro atoms. The maximum absolute atomic E-state index is 10.4. The Labute approximate surface area is 172 Å². The Morgan fingerprint density at radius 1 is 1.00 bits per heavy atom. The van der Waals surface area contributed by atoms with Crippen LogP contribution in [-0.4, -0.2) is 22.2 Å². The molecule has 146 valence electrons. The fourth-order valence-corrected chi connectivity index (χ4v) is 3.59. The summed E-state index contributed by atoms with van der Waals surface area (Å²) >= 11 is 0. The van der Waals surface area contributed by atoms with Crippen molar-refractivity contribution < 1.29 is 9.84 Å². The van der Waals surface area contributed by atoms with Gasteiger partial charge in [0.1, 0.15) is 5.75 Å². The molecule has 0 fully saturated rings. The number of ether oxygens (including phenoxy) is 1. The van der Waals surface area contributed by atoms with Crippen molar-refractivity contribution in [3.63, 3.8) is 0 Å². The van der Waals surface area contributed by atoms with Crippen molar-refractivity contribution in [3.05, 3.63) is 88.6 Å². The molecule has 4 aromatic rings. The van der Waals surface area contributed by atoms with Crippen molar-refractivity contribution in [2.75, 3.05) is 7.11 Å². The van der Waals surface area contributed by atoms with Crippen molar-refractivity contribution in [3.8, 4) is 11.6 Å². The monoisotopic (exact) mass is 394 g/mol. The van der Waals surface area contributed by atoms with Gasteiger partial charge < -0.3 is 14.8 Å². The Bertz CT molecular complexity index is 1430. The molecule has 0 aliphatic carbocycles. The van der Waals surface area contributed by atoms with Crippen molar-refractivity contribution in [1.29, 1.82) is 0 Å². The first kappa shape index (κ1) is 17.9. The summed E-state index contributed by atoms with van der Waals surface area (Å²) in [5, 5.41) is 21.7. The van der Waals surface area contributed by atoms with Crippen LogP contribution in [0.15, 0.2) is 77.2 Å². The molecule has 0 unspecified atom stereocenters. The zero-order valence-corrected chi connectivity index (χ0v) is 16.2. The number of azo groups is 1. The van der Waals surface area contributed by atoms with Gasteiger partial charge in [-0.05, 0) is 53.3 Å². The molecule has 0 saturated heterocycles. The van der Waals surface area contributed by atoms with E-state index < -0.39 is 0 Å². The Morgan fingerprint density at radius 3 is 2.67 bits per heavy atom. The molecule has 30 heavy (non-hydrogen) atoms. The van der Waals surface area contributed by atoms with E-state index in [0.29, 0.717) is 5.75 Å². The van der Waals surface area contributed by atoms with E-state index in [4.69, 9.17) is 4.74 Å². The van der Waals surface area contributed by atoms with Gasteiger partial charge >= 0.3 is 0 Å². The molecule has 2 aromatic heterocycles. The van der Waals surface area contributed by atoms with Crippen LogP contribution in [0.1, 0.15) is 11.1 Å². The predicted octanol–water partition coefficient (Wildman–Crippen LogP) is 4.02. The molecular weight excluding hydrogens is 376 g/mol. The van der Waals surface area contributed by atoms with Crippen LogP contribution in [0.3, 0.4) is 0 Å². The van der Waals surface area contributed by atoms with Gasteiger partial charge in [0, 0.05) is 28.9 Å². The van der Waals surface area contributed by atoms with Gasteiger partial charge in [0.2, 0.25) is 0 Å². The lowest BCUT2D eigenvalue weighted by Crippen LogP contribution is -2.13. The summed E-state index contributed by atoms with van der Waals surface area (Å²) in [5.41, 5.74) is 4.10. The summed E-state index contributed by atoms with van der Waals surface area (Å²) in [5.74, 6) is 0.808. The van der Waals surface area contributed by atoms with E-state index in [0.717, 1.165) is 43.9 Å². The number of aromatic amines is 1. The van der Waals surface area contributed by atoms with E-state index in [2.05, 4.69) is 20.2 Å². The fourth-order valence-electron chi connectivity index (χ4n) is 3.59. The molecule has 6 heteroatoms. The number of fused-ring (bicyclic) bond motifs is 2. The molecule has 1 aliphatic heterocycles. The molecule has 0 amide bonds. The SMILES string of the molecule is COc1cc(=Cc2c(O)[nH]c3ccccc23)cc2c1=C(/C=C/c1ccncc1)N=N2. The molecule has 5 rings (SSSR count). The van der Waals surface area contributed by atoms with Crippen LogP contribution < -0.4 is 15.2 Å². The second-order valence-electron chi connectivity index (χ2n) is 6.89. The highest BCUT2D eigenvalue weighted by Gasteiger charge is 2.13. The third-order valence-electron chi connectivity index (χ3n) is 5.02. The average molecular weight is 394 g/mol. The Hall–Kier alpha value is -4.19. The Morgan fingerprint density at radius 2 is 1.83 bits per heavy atom. The van der Waals surface area contributed by atoms with Crippen molar-refractivity contribution in [1.82, 2.24) is 9.97 Å². The van der Waals surface area contributed by atoms with Gasteiger partial charge in [-0.3, -0.25) is 4.98 Å². The lowest BCUT2D eigenvalue weighted by Gasteiger charge is -2.02. The van der Waals surface area contributed by atoms with Crippen LogP contribution in [0.2, 0.25) is 0 Å². The number of H-pyrrole nitrogens is 1. The van der Waals surface area contributed by atoms with Crippen LogP contribution in [0.25, 0.3) is 28.8 Å². The minimum Gasteiger partial charge on any atom is -0.496 e. The van der Waals surface area contributed by atoms with Crippen LogP contribution in [0.5, 0.6) is 11.6 Å². The van der Waals surface area contributed by atoms with Gasteiger partial charge in [0.05, 0.1) is 23.7 Å². The highest BCUT2D eigenvalue weighted by Crippen LogP contribution is 2.28. The number of hydrogen-bond donors (Lipinski definition) is 2. The molecule has 1 aliphatic rings. The Kier molecular flexibility index (Phi) is 4.37. The van der Waals surface area contributed by atoms with Crippen LogP contribution in [0, 0.1) is 0 Å². The van der Waals surface area contributed by atoms with E-state index in [-0.39, 0.29) is 5.88 Å². The predicted molar refractivity (Wildman–Crippen MR) is 117 cm³/mol. The molecule has 3 heterocycles. The molecule has 0 radical (unpaired) electrons. The van der Waals surface area contributed by atoms with Gasteiger partial charge in [0.15, 0.2) is 5.88 Å². The summed E-state index contributed by atoms with van der Waals surface area (Å²) in [6.45, 7) is 0. The summed E-state index contributed by atoms with van der Waals surface area (Å²) < 4.78 is 5.64. The normalized spacial score (nSPS) is 13.5. The topological polar surface area (TPSA) is 82.9 Å². The second-order valence-corrected chi connectivity index (χ2v) is 6.89. The summed E-state index contributed by atoms with van der Waals surface area (Å²) in [4.78, 5) is 7.03. The first-order valence-corrected chi connectivity index (χ1v) is 9.46. The van der Waals surface area contributed by atoms with E-state index in [9.17, 15) is 5.11 Å². The standard InChI is InChI=1S/C24H18N4O2/c1-30-22-14-16(12-18-17-4-2-3-5-19(17)26-24(18)29)13-21-23(22)20(27-28-21)7-6-15-8-10-25-11-9-15/h2-14,26,29H,1H3/b7-6+,16-12?. The van der Waals surface area contributed by atoms with Gasteiger partial charge in [-0.2, -0.15) is 0 Å². The third-order valence-corrected chi connectivity index (χ3v) is 5.02. The number of aromatic nitrogens is 2. The van der Waals surface area contributed by atoms with Gasteiger partial charge in [-0.25, -0.2) is 0 Å². The van der Waals surface area contributed by atoms with E-state index in [1.807, 2.05) is 66.8 Å². The lowest BCUT2D eigenvalue weighted by atomic mass is 10.1. The molecule has 0 saturated carbocycles. The van der Waals surface area contributed by atoms with Crippen molar-refractivity contribution in [2.24, 2.45) is 10.2 Å². The molecular formula is C24H18N4O2. The maximum atomic E-state index is 10.4. The van der Waals surface area contributed by atoms with Gasteiger partial charge in [0.25, 0.3) is 0 Å². The number of aromatic hydroxyl groups is 1. The van der Waals surface area contributed by atoms with Crippen LogP contribution >= 0.6 is 0 Å². The first-order valence-electron chi connectivity index (χ1n) is 9.46. The van der Waals surface area contributed by atoms with E-state index >= 15 is 0 Å². The minimum atomic E-state index is 0.129. The summed E-state index contributed by atoms with van der Waals surface area (Å²) in [6.07, 6.45) is 9.29. The zero-order chi connectivity index (χ0) is 20.5. The Balaban J connectivity index is 1.64. The number of nitrogens with zero attached hydrogens (tertiary/aromatic N) is 3. The van der Waals surface area contributed by atoms with Gasteiger partial charge in [-0.1, -0.05) is 24.3 Å². The van der Waals surface area contributed by atoms with E-state index in [1.54, 1.807) is 19.5 Å². The minimum absolute atomic E-state index is 0.129. The number of nitrogens with one attached hydrogen (secondary N) is 1. The molecule has 2 aromatic carbocycles. The maximum Gasteiger partial charge on any atom is 0.196 e. The van der Waals surface area contributed by atoms with Crippen molar-refractivity contribution in [2.45, 2.75) is 0 Å². The molecule has 0 atom stereocenters.